The Morgan fingerprint density at radius 1 is 1.12 bits per heavy atom. The van der Waals surface area contributed by atoms with E-state index in [0.29, 0.717) is 29.5 Å². The summed E-state index contributed by atoms with van der Waals surface area (Å²) in [5.41, 5.74) is 0.338. The van der Waals surface area contributed by atoms with E-state index in [1.165, 1.54) is 34.8 Å². The zero-order valence-electron chi connectivity index (χ0n) is 13.4. The van der Waals surface area contributed by atoms with E-state index in [0.717, 1.165) is 0 Å². The molecule has 6 nitrogen and oxygen atoms in total. The molecular weight excluding hydrogens is 350 g/mol. The first kappa shape index (κ1) is 18.4. The van der Waals surface area contributed by atoms with Crippen molar-refractivity contribution in [1.29, 1.82) is 0 Å². The maximum absolute atomic E-state index is 12.4. The van der Waals surface area contributed by atoms with Gasteiger partial charge in [-0.1, -0.05) is 25.4 Å². The van der Waals surface area contributed by atoms with Crippen LogP contribution in [0.4, 0.5) is 5.82 Å². The van der Waals surface area contributed by atoms with Gasteiger partial charge in [-0.25, -0.2) is 13.4 Å². The first-order valence-electron chi connectivity index (χ1n) is 7.41. The van der Waals surface area contributed by atoms with Crippen LogP contribution < -0.4 is 5.32 Å². The molecule has 1 heterocycles. The Kier molecular flexibility index (Phi) is 5.93. The molecule has 1 amide bonds. The predicted octanol–water partition coefficient (Wildman–Crippen LogP) is 3.02. The average Bonchev–Trinajstić information content (AvgIpc) is 2.58. The molecule has 24 heavy (non-hydrogen) atoms. The van der Waals surface area contributed by atoms with Crippen LogP contribution in [0.1, 0.15) is 24.2 Å². The zero-order chi connectivity index (χ0) is 17.7. The van der Waals surface area contributed by atoms with Gasteiger partial charge in [0.2, 0.25) is 10.0 Å². The van der Waals surface area contributed by atoms with Gasteiger partial charge in [-0.15, -0.1) is 0 Å². The molecule has 0 saturated heterocycles. The Labute approximate surface area is 146 Å². The summed E-state index contributed by atoms with van der Waals surface area (Å²) in [4.78, 5) is 16.3. The number of nitrogens with one attached hydrogen (secondary N) is 1. The van der Waals surface area contributed by atoms with Gasteiger partial charge in [0.05, 0.1) is 9.92 Å². The number of anilines is 1. The van der Waals surface area contributed by atoms with Crippen molar-refractivity contribution in [3.63, 3.8) is 0 Å². The number of carbonyl (C=O) groups excluding carboxylic acids is 1. The molecule has 128 valence electrons. The van der Waals surface area contributed by atoms with Crippen LogP contribution in [0.2, 0.25) is 5.02 Å². The molecule has 0 radical (unpaired) electrons. The van der Waals surface area contributed by atoms with Crippen molar-refractivity contribution in [2.24, 2.45) is 0 Å². The van der Waals surface area contributed by atoms with E-state index in [9.17, 15) is 13.2 Å². The summed E-state index contributed by atoms with van der Waals surface area (Å²) in [5.74, 6) is -0.0131. The number of hydrogen-bond acceptors (Lipinski definition) is 4. The SMILES string of the molecule is CCN(CC)S(=O)(=O)c1ccc(C(=O)Nc2ccc(Cl)cn2)cc1. The van der Waals surface area contributed by atoms with Crippen LogP contribution in [-0.2, 0) is 10.0 Å². The zero-order valence-corrected chi connectivity index (χ0v) is 14.9. The van der Waals surface area contributed by atoms with E-state index >= 15 is 0 Å². The second-order valence-corrected chi connectivity index (χ2v) is 7.30. The van der Waals surface area contributed by atoms with E-state index in [1.807, 2.05) is 0 Å². The van der Waals surface area contributed by atoms with Crippen LogP contribution in [0.25, 0.3) is 0 Å². The fraction of sp³-hybridized carbons (Fsp3) is 0.250. The van der Waals surface area contributed by atoms with Crippen LogP contribution in [0.3, 0.4) is 0 Å². The molecule has 0 aliphatic heterocycles. The molecule has 0 atom stereocenters. The second kappa shape index (κ2) is 7.74. The van der Waals surface area contributed by atoms with Crippen molar-refractivity contribution in [2.45, 2.75) is 18.7 Å². The van der Waals surface area contributed by atoms with Gasteiger partial charge in [0, 0.05) is 24.8 Å². The van der Waals surface area contributed by atoms with Gasteiger partial charge in [-0.3, -0.25) is 4.79 Å². The number of aromatic nitrogens is 1. The van der Waals surface area contributed by atoms with Gasteiger partial charge in [0.25, 0.3) is 5.91 Å². The molecular formula is C16H18ClN3O3S. The Bertz CT molecular complexity index is 801. The quantitative estimate of drug-likeness (QED) is 0.851. The molecule has 2 rings (SSSR count). The summed E-state index contributed by atoms with van der Waals surface area (Å²) in [5, 5.41) is 3.09. The highest BCUT2D eigenvalue weighted by molar-refractivity contribution is 7.89. The minimum atomic E-state index is -3.53. The molecule has 0 aliphatic rings. The van der Waals surface area contributed by atoms with Crippen molar-refractivity contribution in [3.8, 4) is 0 Å². The number of sulfonamides is 1. The van der Waals surface area contributed by atoms with E-state index in [-0.39, 0.29) is 10.8 Å². The van der Waals surface area contributed by atoms with Crippen LogP contribution >= 0.6 is 11.6 Å². The number of benzene rings is 1. The van der Waals surface area contributed by atoms with Gasteiger partial charge in [0.1, 0.15) is 5.82 Å². The lowest BCUT2D eigenvalue weighted by atomic mass is 10.2. The monoisotopic (exact) mass is 367 g/mol. The number of nitrogens with zero attached hydrogens (tertiary/aromatic N) is 2. The third-order valence-corrected chi connectivity index (χ3v) is 5.72. The number of hydrogen-bond donors (Lipinski definition) is 1. The third-order valence-electron chi connectivity index (χ3n) is 3.43. The number of rotatable bonds is 6. The largest absolute Gasteiger partial charge is 0.307 e. The fourth-order valence-electron chi connectivity index (χ4n) is 2.13. The standard InChI is InChI=1S/C16H18ClN3O3S/c1-3-20(4-2)24(22,23)14-8-5-12(6-9-14)16(21)19-15-10-7-13(17)11-18-15/h5-11H,3-4H2,1-2H3,(H,18,19,21). The molecule has 1 N–H and O–H groups in total. The molecule has 0 unspecified atom stereocenters. The number of pyridine rings is 1. The lowest BCUT2D eigenvalue weighted by Gasteiger charge is -2.18. The molecule has 0 bridgehead atoms. The Morgan fingerprint density at radius 3 is 2.25 bits per heavy atom. The van der Waals surface area contributed by atoms with E-state index < -0.39 is 10.0 Å². The Morgan fingerprint density at radius 2 is 1.75 bits per heavy atom. The minimum absolute atomic E-state index is 0.160. The van der Waals surface area contributed by atoms with E-state index in [1.54, 1.807) is 26.0 Å². The second-order valence-electron chi connectivity index (χ2n) is 4.93. The van der Waals surface area contributed by atoms with Gasteiger partial charge >= 0.3 is 0 Å². The smallest absolute Gasteiger partial charge is 0.256 e. The van der Waals surface area contributed by atoms with E-state index in [4.69, 9.17) is 11.6 Å². The van der Waals surface area contributed by atoms with Crippen LogP contribution in [0, 0.1) is 0 Å². The minimum Gasteiger partial charge on any atom is -0.307 e. The number of carbonyl (C=O) groups is 1. The summed E-state index contributed by atoms with van der Waals surface area (Å²) in [6.07, 6.45) is 1.43. The maximum atomic E-state index is 12.4. The Balaban J connectivity index is 2.16. The van der Waals surface area contributed by atoms with Crippen molar-refractivity contribution < 1.29 is 13.2 Å². The third kappa shape index (κ3) is 4.11. The fourth-order valence-corrected chi connectivity index (χ4v) is 3.70. The lowest BCUT2D eigenvalue weighted by molar-refractivity contribution is 0.102. The predicted molar refractivity (Wildman–Crippen MR) is 93.7 cm³/mol. The van der Waals surface area contributed by atoms with Crippen LogP contribution in [-0.4, -0.2) is 36.7 Å². The van der Waals surface area contributed by atoms with Crippen molar-refractivity contribution in [2.75, 3.05) is 18.4 Å². The van der Waals surface area contributed by atoms with E-state index in [2.05, 4.69) is 10.3 Å². The molecule has 0 fully saturated rings. The topological polar surface area (TPSA) is 79.4 Å². The van der Waals surface area contributed by atoms with Crippen molar-refractivity contribution in [1.82, 2.24) is 9.29 Å². The molecule has 0 spiro atoms. The van der Waals surface area contributed by atoms with Gasteiger partial charge < -0.3 is 5.32 Å². The van der Waals surface area contributed by atoms with Crippen molar-refractivity contribution >= 4 is 33.3 Å². The highest BCUT2D eigenvalue weighted by Gasteiger charge is 2.21. The van der Waals surface area contributed by atoms with Gasteiger partial charge in [0.15, 0.2) is 0 Å². The summed E-state index contributed by atoms with van der Waals surface area (Å²) >= 11 is 5.74. The lowest BCUT2D eigenvalue weighted by Crippen LogP contribution is -2.30. The normalized spacial score (nSPS) is 11.5. The summed E-state index contributed by atoms with van der Waals surface area (Å²) in [7, 11) is -3.53. The molecule has 1 aromatic heterocycles. The summed E-state index contributed by atoms with van der Waals surface area (Å²) in [6.45, 7) is 4.34. The van der Waals surface area contributed by atoms with Crippen LogP contribution in [0.15, 0.2) is 47.5 Å². The maximum Gasteiger partial charge on any atom is 0.256 e. The first-order chi connectivity index (χ1) is 11.4. The molecule has 2 aromatic rings. The average molecular weight is 368 g/mol. The van der Waals surface area contributed by atoms with Crippen LogP contribution in [0.5, 0.6) is 0 Å². The highest BCUT2D eigenvalue weighted by atomic mass is 35.5. The van der Waals surface area contributed by atoms with Gasteiger partial charge in [-0.05, 0) is 36.4 Å². The summed E-state index contributed by atoms with van der Waals surface area (Å²) in [6, 6.07) is 9.00. The van der Waals surface area contributed by atoms with Gasteiger partial charge in [-0.2, -0.15) is 4.31 Å². The molecule has 0 aliphatic carbocycles. The number of halogens is 1. The highest BCUT2D eigenvalue weighted by Crippen LogP contribution is 2.17. The molecule has 0 saturated carbocycles. The number of amides is 1. The molecule has 8 heteroatoms. The summed E-state index contributed by atoms with van der Waals surface area (Å²) < 4.78 is 26.2. The molecule has 1 aromatic carbocycles. The Hall–Kier alpha value is -1.96. The first-order valence-corrected chi connectivity index (χ1v) is 9.23. The van der Waals surface area contributed by atoms with Crippen molar-refractivity contribution in [3.05, 3.63) is 53.2 Å².